The Morgan fingerprint density at radius 3 is 2.90 bits per heavy atom. The van der Waals surface area contributed by atoms with Gasteiger partial charge in [0, 0.05) is 19.5 Å². The first kappa shape index (κ1) is 15.4. The molecule has 5 heteroatoms. The van der Waals surface area contributed by atoms with E-state index in [2.05, 4.69) is 11.8 Å². The Bertz CT molecular complexity index is 440. The Hall–Kier alpha value is -1.04. The molecule has 0 amide bonds. The summed E-state index contributed by atoms with van der Waals surface area (Å²) < 4.78 is 31.6. The fourth-order valence-corrected chi connectivity index (χ4v) is 2.52. The van der Waals surface area contributed by atoms with Crippen molar-refractivity contribution in [3.63, 3.8) is 0 Å². The quantitative estimate of drug-likeness (QED) is 0.898. The van der Waals surface area contributed by atoms with Crippen LogP contribution in [-0.2, 0) is 11.2 Å². The number of halogens is 2. The molecular formula is C15H21F2NO2. The molecule has 1 N–H and O–H groups in total. The Labute approximate surface area is 118 Å². The number of hydrogen-bond acceptors (Lipinski definition) is 3. The molecule has 1 heterocycles. The summed E-state index contributed by atoms with van der Waals surface area (Å²) in [5.74, 6) is -1.75. The maximum atomic E-state index is 13.1. The molecule has 1 fully saturated rings. The largest absolute Gasteiger partial charge is 0.390 e. The van der Waals surface area contributed by atoms with Gasteiger partial charge in [0.25, 0.3) is 0 Å². The monoisotopic (exact) mass is 285 g/mol. The van der Waals surface area contributed by atoms with Gasteiger partial charge in [0.1, 0.15) is 0 Å². The number of hydrogen-bond donors (Lipinski definition) is 1. The van der Waals surface area contributed by atoms with Crippen LogP contribution in [0, 0.1) is 11.6 Å². The lowest BCUT2D eigenvalue weighted by Crippen LogP contribution is -2.48. The minimum Gasteiger partial charge on any atom is -0.390 e. The summed E-state index contributed by atoms with van der Waals surface area (Å²) in [6.45, 7) is 5.25. The van der Waals surface area contributed by atoms with Crippen LogP contribution in [0.1, 0.15) is 18.9 Å². The van der Waals surface area contributed by atoms with Crippen molar-refractivity contribution in [1.82, 2.24) is 4.90 Å². The van der Waals surface area contributed by atoms with Gasteiger partial charge in [-0.2, -0.15) is 0 Å². The van der Waals surface area contributed by atoms with Crippen LogP contribution in [-0.4, -0.2) is 48.5 Å². The second kappa shape index (κ2) is 7.11. The molecule has 0 aromatic heterocycles. The molecule has 1 saturated heterocycles. The van der Waals surface area contributed by atoms with Crippen molar-refractivity contribution in [2.75, 3.05) is 26.2 Å². The molecular weight excluding hydrogens is 264 g/mol. The number of morpholine rings is 1. The van der Waals surface area contributed by atoms with E-state index in [0.29, 0.717) is 18.7 Å². The lowest BCUT2D eigenvalue weighted by molar-refractivity contribution is -0.0877. The standard InChI is InChI=1S/C15H21F2NO2/c1-2-5-18-6-7-20-15(10-18)14(19)9-11-3-4-12(16)13(17)8-11/h3-4,8,14-15,19H,2,5-7,9-10H2,1H3. The number of aliphatic hydroxyl groups excluding tert-OH is 1. The second-order valence-electron chi connectivity index (χ2n) is 5.23. The maximum Gasteiger partial charge on any atom is 0.159 e. The van der Waals surface area contributed by atoms with Crippen molar-refractivity contribution in [1.29, 1.82) is 0 Å². The summed E-state index contributed by atoms with van der Waals surface area (Å²) in [4.78, 5) is 2.25. The Morgan fingerprint density at radius 1 is 1.40 bits per heavy atom. The van der Waals surface area contributed by atoms with Crippen LogP contribution >= 0.6 is 0 Å². The van der Waals surface area contributed by atoms with Crippen LogP contribution in [0.2, 0.25) is 0 Å². The minimum atomic E-state index is -0.883. The fraction of sp³-hybridized carbons (Fsp3) is 0.600. The summed E-state index contributed by atoms with van der Waals surface area (Å²) in [6.07, 6.45) is 0.344. The SMILES string of the molecule is CCCN1CCOC(C(O)Cc2ccc(F)c(F)c2)C1. The Balaban J connectivity index is 1.93. The molecule has 0 saturated carbocycles. The zero-order chi connectivity index (χ0) is 14.5. The summed E-state index contributed by atoms with van der Waals surface area (Å²) in [5.41, 5.74) is 0.576. The predicted molar refractivity (Wildman–Crippen MR) is 72.5 cm³/mol. The molecule has 1 aromatic carbocycles. The molecule has 1 aliphatic heterocycles. The number of ether oxygens (including phenoxy) is 1. The van der Waals surface area contributed by atoms with Crippen molar-refractivity contribution in [2.24, 2.45) is 0 Å². The fourth-order valence-electron chi connectivity index (χ4n) is 2.52. The molecule has 0 aliphatic carbocycles. The highest BCUT2D eigenvalue weighted by Gasteiger charge is 2.26. The smallest absolute Gasteiger partial charge is 0.159 e. The van der Waals surface area contributed by atoms with Gasteiger partial charge in [0.15, 0.2) is 11.6 Å². The average molecular weight is 285 g/mol. The van der Waals surface area contributed by atoms with Gasteiger partial charge < -0.3 is 9.84 Å². The lowest BCUT2D eigenvalue weighted by atomic mass is 10.0. The molecule has 2 unspecified atom stereocenters. The Kier molecular flexibility index (Phi) is 5.46. The van der Waals surface area contributed by atoms with Crippen LogP contribution in [0.15, 0.2) is 18.2 Å². The van der Waals surface area contributed by atoms with Crippen LogP contribution < -0.4 is 0 Å². The topological polar surface area (TPSA) is 32.7 Å². The van der Waals surface area contributed by atoms with Crippen LogP contribution in [0.3, 0.4) is 0 Å². The molecule has 2 atom stereocenters. The molecule has 1 aromatic rings. The summed E-state index contributed by atoms with van der Waals surface area (Å²) in [6, 6.07) is 3.71. The number of aliphatic hydroxyl groups is 1. The van der Waals surface area contributed by atoms with Gasteiger partial charge >= 0.3 is 0 Å². The van der Waals surface area contributed by atoms with E-state index >= 15 is 0 Å². The molecule has 112 valence electrons. The molecule has 1 aliphatic rings. The highest BCUT2D eigenvalue weighted by atomic mass is 19.2. The van der Waals surface area contributed by atoms with Crippen molar-refractivity contribution in [2.45, 2.75) is 32.0 Å². The van der Waals surface area contributed by atoms with E-state index in [9.17, 15) is 13.9 Å². The van der Waals surface area contributed by atoms with Gasteiger partial charge in [-0.3, -0.25) is 4.90 Å². The van der Waals surface area contributed by atoms with Gasteiger partial charge in [-0.1, -0.05) is 13.0 Å². The van der Waals surface area contributed by atoms with E-state index in [0.717, 1.165) is 31.6 Å². The third-order valence-electron chi connectivity index (χ3n) is 3.58. The van der Waals surface area contributed by atoms with Gasteiger partial charge in [-0.05, 0) is 30.7 Å². The summed E-state index contributed by atoms with van der Waals surface area (Å²) >= 11 is 0. The van der Waals surface area contributed by atoms with E-state index < -0.39 is 17.7 Å². The average Bonchev–Trinajstić information content (AvgIpc) is 2.43. The van der Waals surface area contributed by atoms with Crippen LogP contribution in [0.4, 0.5) is 8.78 Å². The minimum absolute atomic E-state index is 0.266. The predicted octanol–water partition coefficient (Wildman–Crippen LogP) is 1.98. The van der Waals surface area contributed by atoms with Crippen LogP contribution in [0.5, 0.6) is 0 Å². The van der Waals surface area contributed by atoms with Gasteiger partial charge in [0.05, 0.1) is 18.8 Å². The zero-order valence-electron chi connectivity index (χ0n) is 11.7. The van der Waals surface area contributed by atoms with E-state index in [-0.39, 0.29) is 12.5 Å². The molecule has 0 radical (unpaired) electrons. The molecule has 0 bridgehead atoms. The molecule has 3 nitrogen and oxygen atoms in total. The number of nitrogens with zero attached hydrogens (tertiary/aromatic N) is 1. The van der Waals surface area contributed by atoms with E-state index in [1.54, 1.807) is 0 Å². The normalized spacial score (nSPS) is 21.9. The zero-order valence-corrected chi connectivity index (χ0v) is 11.7. The first-order valence-electron chi connectivity index (χ1n) is 7.06. The van der Waals surface area contributed by atoms with Gasteiger partial charge in [-0.25, -0.2) is 8.78 Å². The third kappa shape index (κ3) is 3.98. The van der Waals surface area contributed by atoms with Crippen molar-refractivity contribution >= 4 is 0 Å². The first-order valence-corrected chi connectivity index (χ1v) is 7.06. The number of rotatable bonds is 5. The van der Waals surface area contributed by atoms with Crippen molar-refractivity contribution in [3.05, 3.63) is 35.4 Å². The van der Waals surface area contributed by atoms with Crippen LogP contribution in [0.25, 0.3) is 0 Å². The maximum absolute atomic E-state index is 13.1. The molecule has 0 spiro atoms. The highest BCUT2D eigenvalue weighted by molar-refractivity contribution is 5.18. The highest BCUT2D eigenvalue weighted by Crippen LogP contribution is 2.15. The van der Waals surface area contributed by atoms with Crippen molar-refractivity contribution < 1.29 is 18.6 Å². The number of benzene rings is 1. The summed E-state index contributed by atoms with van der Waals surface area (Å²) in [7, 11) is 0. The molecule has 2 rings (SSSR count). The van der Waals surface area contributed by atoms with E-state index in [4.69, 9.17) is 4.74 Å². The van der Waals surface area contributed by atoms with E-state index in [1.807, 2.05) is 0 Å². The van der Waals surface area contributed by atoms with Crippen molar-refractivity contribution in [3.8, 4) is 0 Å². The van der Waals surface area contributed by atoms with Gasteiger partial charge in [-0.15, -0.1) is 0 Å². The molecule has 20 heavy (non-hydrogen) atoms. The second-order valence-corrected chi connectivity index (χ2v) is 5.23. The summed E-state index contributed by atoms with van der Waals surface area (Å²) in [5, 5.41) is 10.2. The van der Waals surface area contributed by atoms with Gasteiger partial charge in [0.2, 0.25) is 0 Å². The third-order valence-corrected chi connectivity index (χ3v) is 3.58. The lowest BCUT2D eigenvalue weighted by Gasteiger charge is -2.35. The Morgan fingerprint density at radius 2 is 2.20 bits per heavy atom. The van der Waals surface area contributed by atoms with E-state index in [1.165, 1.54) is 6.07 Å². The first-order chi connectivity index (χ1) is 9.60.